The number of carbonyl (C=O) groups is 1. The Kier molecular flexibility index (Phi) is 5.55. The van der Waals surface area contributed by atoms with Crippen LogP contribution in [0.25, 0.3) is 0 Å². The molecule has 0 aliphatic heterocycles. The molecule has 0 saturated heterocycles. The molecule has 0 radical (unpaired) electrons. The highest BCUT2D eigenvalue weighted by Crippen LogP contribution is 2.33. The van der Waals surface area contributed by atoms with Crippen LogP contribution in [0, 0.1) is 5.82 Å². The zero-order valence-corrected chi connectivity index (χ0v) is 14.8. The number of hydrogen-bond acceptors (Lipinski definition) is 6. The van der Waals surface area contributed by atoms with Crippen molar-refractivity contribution in [1.29, 1.82) is 0 Å². The van der Waals surface area contributed by atoms with Crippen LogP contribution in [-0.4, -0.2) is 15.9 Å². The maximum atomic E-state index is 13.6. The first-order valence-electron chi connectivity index (χ1n) is 7.39. The van der Waals surface area contributed by atoms with Gasteiger partial charge < -0.3 is 5.73 Å². The quantitative estimate of drug-likeness (QED) is 0.454. The van der Waals surface area contributed by atoms with Crippen molar-refractivity contribution in [3.63, 3.8) is 0 Å². The summed E-state index contributed by atoms with van der Waals surface area (Å²) in [5, 5.41) is 1.13. The van der Waals surface area contributed by atoms with E-state index in [4.69, 9.17) is 17.3 Å². The largest absolute Gasteiger partial charge is 0.393 e. The first-order chi connectivity index (χ1) is 12.5. The third-order valence-corrected chi connectivity index (χ3v) is 4.57. The summed E-state index contributed by atoms with van der Waals surface area (Å²) in [5.41, 5.74) is 11.2. The van der Waals surface area contributed by atoms with Crippen LogP contribution in [0.3, 0.4) is 0 Å². The van der Waals surface area contributed by atoms with E-state index in [1.807, 2.05) is 12.1 Å². The van der Waals surface area contributed by atoms with Gasteiger partial charge in [0, 0.05) is 9.92 Å². The molecule has 26 heavy (non-hydrogen) atoms. The average Bonchev–Trinajstić information content (AvgIpc) is 2.64. The number of nitrogens with zero attached hydrogens (tertiary/aromatic N) is 2. The summed E-state index contributed by atoms with van der Waals surface area (Å²) in [5.74, 6) is -1.06. The fourth-order valence-electron chi connectivity index (χ4n) is 2.00. The molecule has 4 N–H and O–H groups in total. The topological polar surface area (TPSA) is 92.9 Å². The molecule has 3 aromatic rings. The van der Waals surface area contributed by atoms with Crippen LogP contribution in [-0.2, 0) is 0 Å². The van der Waals surface area contributed by atoms with Crippen molar-refractivity contribution in [2.45, 2.75) is 9.92 Å². The summed E-state index contributed by atoms with van der Waals surface area (Å²) < 4.78 is 13.6. The normalized spacial score (nSPS) is 10.4. The predicted octanol–water partition coefficient (Wildman–Crippen LogP) is 3.76. The lowest BCUT2D eigenvalue weighted by atomic mass is 10.2. The van der Waals surface area contributed by atoms with E-state index in [0.717, 1.165) is 4.90 Å². The number of carbonyl (C=O) groups excluding carboxylic acids is 1. The van der Waals surface area contributed by atoms with E-state index in [0.29, 0.717) is 10.0 Å². The summed E-state index contributed by atoms with van der Waals surface area (Å²) in [6, 6.07) is 12.8. The molecular weight excluding hydrogens is 377 g/mol. The fraction of sp³-hybridized carbons (Fsp3) is 0. The van der Waals surface area contributed by atoms with Gasteiger partial charge in [-0.25, -0.2) is 14.4 Å². The van der Waals surface area contributed by atoms with Gasteiger partial charge in [-0.1, -0.05) is 35.5 Å². The Morgan fingerprint density at radius 2 is 1.85 bits per heavy atom. The number of hydrogen-bond donors (Lipinski definition) is 3. The second-order valence-electron chi connectivity index (χ2n) is 5.06. The highest BCUT2D eigenvalue weighted by atomic mass is 35.5. The summed E-state index contributed by atoms with van der Waals surface area (Å²) in [6.07, 6.45) is 1.31. The van der Waals surface area contributed by atoms with Crippen LogP contribution in [0.4, 0.5) is 15.9 Å². The molecule has 0 aliphatic carbocycles. The Morgan fingerprint density at radius 3 is 2.58 bits per heavy atom. The van der Waals surface area contributed by atoms with Gasteiger partial charge in [-0.05, 0) is 36.4 Å². The van der Waals surface area contributed by atoms with Gasteiger partial charge in [0.2, 0.25) is 0 Å². The van der Waals surface area contributed by atoms with Gasteiger partial charge in [0.1, 0.15) is 22.9 Å². The Morgan fingerprint density at radius 1 is 1.12 bits per heavy atom. The number of aromatic nitrogens is 2. The van der Waals surface area contributed by atoms with Gasteiger partial charge in [0.15, 0.2) is 5.82 Å². The number of amides is 1. The zero-order chi connectivity index (χ0) is 18.5. The van der Waals surface area contributed by atoms with Gasteiger partial charge in [-0.3, -0.25) is 15.6 Å². The minimum absolute atomic E-state index is 0.0941. The maximum Gasteiger partial charge on any atom is 0.272 e. The molecule has 0 unspecified atom stereocenters. The molecule has 2 aromatic carbocycles. The minimum Gasteiger partial charge on any atom is -0.393 e. The molecule has 132 valence electrons. The van der Waals surface area contributed by atoms with Crippen molar-refractivity contribution in [2.75, 3.05) is 11.2 Å². The van der Waals surface area contributed by atoms with Gasteiger partial charge in [-0.2, -0.15) is 0 Å². The molecule has 3 rings (SSSR count). The number of anilines is 2. The standard InChI is InChI=1S/C17H13ClFN5OS/c18-10-5-7-11(8-6-10)26-17-14(20)15(21-9-22-17)23-24-16(25)12-3-1-2-4-13(12)19/h1-9H,20H2,(H,24,25)(H,21,22,23). The Labute approximate surface area is 158 Å². The lowest BCUT2D eigenvalue weighted by molar-refractivity contribution is 0.0958. The van der Waals surface area contributed by atoms with Crippen molar-refractivity contribution in [1.82, 2.24) is 15.4 Å². The molecule has 0 spiro atoms. The van der Waals surface area contributed by atoms with Crippen molar-refractivity contribution in [3.8, 4) is 0 Å². The van der Waals surface area contributed by atoms with E-state index >= 15 is 0 Å². The van der Waals surface area contributed by atoms with Gasteiger partial charge >= 0.3 is 0 Å². The summed E-state index contributed by atoms with van der Waals surface area (Å²) in [6.45, 7) is 0. The highest BCUT2D eigenvalue weighted by Gasteiger charge is 2.13. The monoisotopic (exact) mass is 389 g/mol. The summed E-state index contributed by atoms with van der Waals surface area (Å²) >= 11 is 7.19. The third kappa shape index (κ3) is 4.22. The SMILES string of the molecule is Nc1c(NNC(=O)c2ccccc2F)ncnc1Sc1ccc(Cl)cc1. The number of nitrogens with one attached hydrogen (secondary N) is 2. The molecule has 9 heteroatoms. The molecule has 1 aromatic heterocycles. The molecule has 0 aliphatic rings. The number of halogens is 2. The molecule has 0 fully saturated rings. The van der Waals surface area contributed by atoms with E-state index in [2.05, 4.69) is 20.8 Å². The van der Waals surface area contributed by atoms with Crippen molar-refractivity contribution < 1.29 is 9.18 Å². The van der Waals surface area contributed by atoms with Crippen LogP contribution in [0.15, 0.2) is 64.8 Å². The van der Waals surface area contributed by atoms with E-state index in [1.54, 1.807) is 18.2 Å². The highest BCUT2D eigenvalue weighted by molar-refractivity contribution is 7.99. The van der Waals surface area contributed by atoms with E-state index in [9.17, 15) is 9.18 Å². The number of nitrogen functional groups attached to an aromatic ring is 1. The van der Waals surface area contributed by atoms with Crippen molar-refractivity contribution in [2.24, 2.45) is 0 Å². The van der Waals surface area contributed by atoms with Crippen molar-refractivity contribution >= 4 is 40.8 Å². The Balaban J connectivity index is 1.72. The molecule has 1 amide bonds. The lowest BCUT2D eigenvalue weighted by Gasteiger charge is -2.12. The minimum atomic E-state index is -0.645. The van der Waals surface area contributed by atoms with Crippen LogP contribution >= 0.6 is 23.4 Å². The van der Waals surface area contributed by atoms with Gasteiger partial charge in [0.25, 0.3) is 5.91 Å². The Bertz CT molecular complexity index is 939. The smallest absolute Gasteiger partial charge is 0.272 e. The van der Waals surface area contributed by atoms with Crippen LogP contribution in [0.1, 0.15) is 10.4 Å². The molecule has 0 saturated carbocycles. The van der Waals surface area contributed by atoms with Gasteiger partial charge in [0.05, 0.1) is 5.56 Å². The average molecular weight is 390 g/mol. The second-order valence-corrected chi connectivity index (χ2v) is 6.55. The third-order valence-electron chi connectivity index (χ3n) is 3.29. The van der Waals surface area contributed by atoms with E-state index in [1.165, 1.54) is 36.3 Å². The molecule has 1 heterocycles. The van der Waals surface area contributed by atoms with Crippen LogP contribution in [0.5, 0.6) is 0 Å². The fourth-order valence-corrected chi connectivity index (χ4v) is 2.93. The number of rotatable bonds is 5. The molecule has 0 bridgehead atoms. The van der Waals surface area contributed by atoms with E-state index < -0.39 is 11.7 Å². The molecular formula is C17H13ClFN5OS. The first-order valence-corrected chi connectivity index (χ1v) is 8.59. The number of benzene rings is 2. The molecule has 6 nitrogen and oxygen atoms in total. The zero-order valence-electron chi connectivity index (χ0n) is 13.2. The Hall–Kier alpha value is -2.84. The number of nitrogens with two attached hydrogens (primary N) is 1. The van der Waals surface area contributed by atoms with E-state index in [-0.39, 0.29) is 17.1 Å². The maximum absolute atomic E-state index is 13.6. The van der Waals surface area contributed by atoms with Crippen LogP contribution in [0.2, 0.25) is 5.02 Å². The first kappa shape index (κ1) is 18.0. The lowest BCUT2D eigenvalue weighted by Crippen LogP contribution is -2.31. The predicted molar refractivity (Wildman–Crippen MR) is 99.5 cm³/mol. The van der Waals surface area contributed by atoms with Gasteiger partial charge in [-0.15, -0.1) is 0 Å². The molecule has 0 atom stereocenters. The number of hydrazine groups is 1. The van der Waals surface area contributed by atoms with Crippen LogP contribution < -0.4 is 16.6 Å². The summed E-state index contributed by atoms with van der Waals surface area (Å²) in [4.78, 5) is 21.1. The second kappa shape index (κ2) is 8.03. The van der Waals surface area contributed by atoms with Crippen molar-refractivity contribution in [3.05, 3.63) is 71.3 Å². The summed E-state index contributed by atoms with van der Waals surface area (Å²) in [7, 11) is 0.